The molecule has 0 bridgehead atoms. The minimum atomic E-state index is 0.369. The Morgan fingerprint density at radius 3 is 2.13 bits per heavy atom. The van der Waals surface area contributed by atoms with Gasteiger partial charge in [-0.05, 0) is 62.8 Å². The molecule has 0 saturated carbocycles. The number of rotatable bonds is 11. The Bertz CT molecular complexity index is 1070. The van der Waals surface area contributed by atoms with E-state index in [1.54, 1.807) is 6.07 Å². The first-order chi connectivity index (χ1) is 22.5. The number of hydrogen-bond acceptors (Lipinski definition) is 7. The number of piperidine rings is 1. The lowest BCUT2D eigenvalue weighted by atomic mass is 9.70. The van der Waals surface area contributed by atoms with E-state index in [9.17, 15) is 9.59 Å². The molecule has 0 radical (unpaired) electrons. The minimum absolute atomic E-state index is 0.369. The van der Waals surface area contributed by atoms with Gasteiger partial charge in [-0.15, -0.1) is 13.2 Å². The number of amides is 1. The molecule has 3 rings (SSSR count). The molecular formula is C37H65ClN6O2S. The summed E-state index contributed by atoms with van der Waals surface area (Å²) in [5.41, 5.74) is 7.20. The summed E-state index contributed by atoms with van der Waals surface area (Å²) >= 11 is 7.71. The highest BCUT2D eigenvalue weighted by Gasteiger charge is 2.34. The number of nitrogens with two attached hydrogens (primary N) is 1. The zero-order chi connectivity index (χ0) is 36.3. The SMILES string of the molecule is C=C.C=C(Sc1cccc(NC=O)c1Cl)/C(N)=N\C(=C/C)N1CCC(C)(C(C)CC)CC1.CCC.CCCC=O.CN1CCNCC1. The number of benzene rings is 1. The van der Waals surface area contributed by atoms with Crippen LogP contribution in [0.3, 0.4) is 0 Å². The first kappa shape index (κ1) is 46.5. The monoisotopic (exact) mass is 692 g/mol. The van der Waals surface area contributed by atoms with Gasteiger partial charge in [0.25, 0.3) is 0 Å². The molecule has 1 aromatic rings. The topological polar surface area (TPSA) is 103 Å². The van der Waals surface area contributed by atoms with Crippen molar-refractivity contribution in [2.24, 2.45) is 22.1 Å². The highest BCUT2D eigenvalue weighted by molar-refractivity contribution is 8.04. The summed E-state index contributed by atoms with van der Waals surface area (Å²) in [6, 6.07) is 5.42. The molecule has 1 aromatic carbocycles. The van der Waals surface area contributed by atoms with Crippen molar-refractivity contribution in [3.8, 4) is 0 Å². The number of unbranched alkanes of at least 4 members (excludes halogenated alkanes) is 1. The molecule has 8 nitrogen and oxygen atoms in total. The Balaban J connectivity index is 0. The third-order valence-electron chi connectivity index (χ3n) is 7.97. The molecule has 2 saturated heterocycles. The molecule has 2 heterocycles. The fourth-order valence-electron chi connectivity index (χ4n) is 4.58. The normalized spacial score (nSPS) is 16.6. The maximum absolute atomic E-state index is 10.7. The van der Waals surface area contributed by atoms with Crippen LogP contribution in [0.15, 0.2) is 64.6 Å². The zero-order valence-corrected chi connectivity index (χ0v) is 32.2. The summed E-state index contributed by atoms with van der Waals surface area (Å²) in [5, 5.41) is 6.32. The van der Waals surface area contributed by atoms with Crippen LogP contribution in [0.4, 0.5) is 5.69 Å². The van der Waals surface area contributed by atoms with E-state index in [0.29, 0.717) is 45.6 Å². The van der Waals surface area contributed by atoms with Crippen molar-refractivity contribution < 1.29 is 9.59 Å². The van der Waals surface area contributed by atoms with E-state index in [1.165, 1.54) is 37.7 Å². The number of aldehydes is 1. The van der Waals surface area contributed by atoms with Crippen LogP contribution in [-0.4, -0.2) is 74.6 Å². The van der Waals surface area contributed by atoms with E-state index < -0.39 is 0 Å². The number of piperazine rings is 1. The minimum Gasteiger partial charge on any atom is -0.383 e. The molecule has 0 aromatic heterocycles. The summed E-state index contributed by atoms with van der Waals surface area (Å²) in [7, 11) is 2.15. The third-order valence-corrected chi connectivity index (χ3v) is 9.50. The van der Waals surface area contributed by atoms with Gasteiger partial charge in [-0.25, -0.2) is 4.99 Å². The summed E-state index contributed by atoms with van der Waals surface area (Å²) in [4.78, 5) is 30.8. The van der Waals surface area contributed by atoms with E-state index in [4.69, 9.17) is 17.3 Å². The summed E-state index contributed by atoms with van der Waals surface area (Å²) in [6.07, 6.45) is 9.97. The Morgan fingerprint density at radius 2 is 1.72 bits per heavy atom. The molecule has 1 unspecified atom stereocenters. The van der Waals surface area contributed by atoms with Crippen molar-refractivity contribution in [2.75, 3.05) is 51.6 Å². The van der Waals surface area contributed by atoms with Gasteiger partial charge in [0.1, 0.15) is 17.9 Å². The fourth-order valence-corrected chi connectivity index (χ4v) is 5.64. The number of amidine groups is 1. The number of hydrogen-bond donors (Lipinski definition) is 3. The third kappa shape index (κ3) is 19.1. The summed E-state index contributed by atoms with van der Waals surface area (Å²) < 4.78 is 0. The molecule has 0 aliphatic carbocycles. The van der Waals surface area contributed by atoms with Crippen molar-refractivity contribution in [2.45, 2.75) is 91.9 Å². The number of likely N-dealkylation sites (N-methyl/N-ethyl adjacent to an activating group) is 1. The lowest BCUT2D eigenvalue weighted by Crippen LogP contribution is -2.41. The predicted octanol–water partition coefficient (Wildman–Crippen LogP) is 8.61. The Labute approximate surface area is 296 Å². The fraction of sp³-hybridized carbons (Fsp3) is 0.595. The van der Waals surface area contributed by atoms with Gasteiger partial charge >= 0.3 is 0 Å². The van der Waals surface area contributed by atoms with E-state index in [0.717, 1.165) is 62.4 Å². The molecule has 2 fully saturated rings. The molecule has 268 valence electrons. The average molecular weight is 693 g/mol. The van der Waals surface area contributed by atoms with Gasteiger partial charge in [-0.2, -0.15) is 0 Å². The van der Waals surface area contributed by atoms with Crippen LogP contribution < -0.4 is 16.4 Å². The zero-order valence-electron chi connectivity index (χ0n) is 30.7. The Hall–Kier alpha value is -2.59. The molecule has 47 heavy (non-hydrogen) atoms. The standard InChI is InChI=1S/C23H33ClN4OS.C5H12N2.C4H8O.C3H8.C2H4/c1-6-16(3)23(5)11-13-28(14-12-23)20(7-2)27-22(25)17(4)30-19-10-8-9-18(21(19)24)26-15-29;1-7-4-2-6-3-5-7;1-2-3-4-5;1-3-2;1-2/h7-10,15-16H,4,6,11-14H2,1-3,5H3,(H2,25,27)(H,26,29);6H,2-5H2,1H3;4H,2-3H2,1H3;3H2,1-2H3;1-2H2/b20-7+;;;;. The summed E-state index contributed by atoms with van der Waals surface area (Å²) in [5.74, 6) is 1.96. The van der Waals surface area contributed by atoms with Crippen LogP contribution in [0.2, 0.25) is 5.02 Å². The second kappa shape index (κ2) is 28.4. The molecule has 1 amide bonds. The number of aliphatic imine (C=N–C) groups is 1. The molecule has 2 aliphatic heterocycles. The van der Waals surface area contributed by atoms with Gasteiger partial charge in [-0.3, -0.25) is 4.79 Å². The van der Waals surface area contributed by atoms with E-state index >= 15 is 0 Å². The van der Waals surface area contributed by atoms with Crippen molar-refractivity contribution in [1.82, 2.24) is 15.1 Å². The number of allylic oxidation sites excluding steroid dienone is 1. The summed E-state index contributed by atoms with van der Waals surface area (Å²) in [6.45, 7) is 32.0. The van der Waals surface area contributed by atoms with Gasteiger partial charge in [0, 0.05) is 55.5 Å². The van der Waals surface area contributed by atoms with Crippen molar-refractivity contribution in [3.63, 3.8) is 0 Å². The van der Waals surface area contributed by atoms with Gasteiger partial charge in [-0.1, -0.05) is 90.4 Å². The number of nitrogens with zero attached hydrogens (tertiary/aromatic N) is 3. The van der Waals surface area contributed by atoms with Crippen molar-refractivity contribution in [1.29, 1.82) is 0 Å². The highest BCUT2D eigenvalue weighted by atomic mass is 35.5. The largest absolute Gasteiger partial charge is 0.383 e. The molecule has 0 spiro atoms. The lowest BCUT2D eigenvalue weighted by Gasteiger charge is -2.44. The number of anilines is 1. The second-order valence-corrected chi connectivity index (χ2v) is 13.2. The predicted molar refractivity (Wildman–Crippen MR) is 208 cm³/mol. The van der Waals surface area contributed by atoms with Gasteiger partial charge < -0.3 is 31.0 Å². The quantitative estimate of drug-likeness (QED) is 0.0702. The maximum Gasteiger partial charge on any atom is 0.211 e. The van der Waals surface area contributed by atoms with Gasteiger partial charge in [0.05, 0.1) is 10.7 Å². The maximum atomic E-state index is 10.7. The van der Waals surface area contributed by atoms with E-state index in [1.807, 2.05) is 32.1 Å². The Morgan fingerprint density at radius 1 is 1.15 bits per heavy atom. The number of nitrogens with one attached hydrogen (secondary N) is 2. The number of likely N-dealkylation sites (tertiary alicyclic amines) is 1. The smallest absolute Gasteiger partial charge is 0.211 e. The van der Waals surface area contributed by atoms with Crippen LogP contribution in [0.5, 0.6) is 0 Å². The molecule has 1 atom stereocenters. The second-order valence-electron chi connectivity index (χ2n) is 11.7. The first-order valence-electron chi connectivity index (χ1n) is 16.9. The van der Waals surface area contributed by atoms with Crippen LogP contribution in [0, 0.1) is 11.3 Å². The molecule has 10 heteroatoms. The van der Waals surface area contributed by atoms with Gasteiger partial charge in [0.2, 0.25) is 6.41 Å². The van der Waals surface area contributed by atoms with Crippen LogP contribution >= 0.6 is 23.4 Å². The molecular weight excluding hydrogens is 628 g/mol. The first-order valence-corrected chi connectivity index (χ1v) is 18.1. The lowest BCUT2D eigenvalue weighted by molar-refractivity contribution is -0.108. The average Bonchev–Trinajstić information content (AvgIpc) is 3.08. The number of halogens is 1. The van der Waals surface area contributed by atoms with E-state index in [-0.39, 0.29) is 0 Å². The van der Waals surface area contributed by atoms with Gasteiger partial charge in [0.15, 0.2) is 0 Å². The van der Waals surface area contributed by atoms with Crippen LogP contribution in [0.1, 0.15) is 87.0 Å². The van der Waals surface area contributed by atoms with Crippen molar-refractivity contribution in [3.05, 3.63) is 59.8 Å². The van der Waals surface area contributed by atoms with Crippen molar-refractivity contribution >= 4 is 47.6 Å². The number of carbonyl (C=O) groups excluding carboxylic acids is 2. The number of thioether (sulfide) groups is 1. The highest BCUT2D eigenvalue weighted by Crippen LogP contribution is 2.41. The molecule has 4 N–H and O–H groups in total. The number of carbonyl (C=O) groups is 2. The molecule has 2 aliphatic rings. The van der Waals surface area contributed by atoms with Crippen LogP contribution in [0.25, 0.3) is 0 Å². The van der Waals surface area contributed by atoms with Crippen LogP contribution in [-0.2, 0) is 9.59 Å². The Kier molecular flexibility index (Phi) is 28.1. The van der Waals surface area contributed by atoms with E-state index in [2.05, 4.69) is 86.8 Å².